The van der Waals surface area contributed by atoms with Gasteiger partial charge in [-0.25, -0.2) is 0 Å². The fourth-order valence-corrected chi connectivity index (χ4v) is 4.69. The van der Waals surface area contributed by atoms with E-state index in [1.807, 2.05) is 0 Å². The van der Waals surface area contributed by atoms with Crippen molar-refractivity contribution in [1.82, 2.24) is 9.80 Å². The summed E-state index contributed by atoms with van der Waals surface area (Å²) in [7, 11) is 0. The lowest BCUT2D eigenvalue weighted by atomic mass is 9.63. The van der Waals surface area contributed by atoms with Crippen molar-refractivity contribution < 1.29 is 9.90 Å². The van der Waals surface area contributed by atoms with Crippen molar-refractivity contribution in [2.24, 2.45) is 10.8 Å². The van der Waals surface area contributed by atoms with Crippen molar-refractivity contribution in [2.75, 3.05) is 26.2 Å². The number of carboxylic acid groups (broad SMARTS) is 1. The molecule has 2 fully saturated rings. The molecule has 0 bridgehead atoms. The number of piperazine rings is 1. The second-order valence-electron chi connectivity index (χ2n) is 8.65. The topological polar surface area (TPSA) is 43.8 Å². The molecule has 21 heavy (non-hydrogen) atoms. The van der Waals surface area contributed by atoms with Gasteiger partial charge >= 0.3 is 5.97 Å². The van der Waals surface area contributed by atoms with Crippen molar-refractivity contribution >= 4 is 5.97 Å². The molecule has 0 amide bonds. The van der Waals surface area contributed by atoms with Crippen LogP contribution in [-0.4, -0.2) is 59.1 Å². The molecule has 0 spiro atoms. The summed E-state index contributed by atoms with van der Waals surface area (Å²) in [4.78, 5) is 15.8. The van der Waals surface area contributed by atoms with E-state index in [4.69, 9.17) is 5.11 Å². The highest BCUT2D eigenvalue weighted by Gasteiger charge is 2.41. The molecule has 4 heteroatoms. The molecule has 1 unspecified atom stereocenters. The van der Waals surface area contributed by atoms with Gasteiger partial charge in [0.25, 0.3) is 0 Å². The Morgan fingerprint density at radius 3 is 1.95 bits per heavy atom. The third kappa shape index (κ3) is 4.19. The Bertz CT molecular complexity index is 368. The summed E-state index contributed by atoms with van der Waals surface area (Å²) in [6.45, 7) is 15.1. The summed E-state index contributed by atoms with van der Waals surface area (Å²) in [5.41, 5.74) is 0.829. The van der Waals surface area contributed by atoms with E-state index >= 15 is 0 Å². The van der Waals surface area contributed by atoms with Gasteiger partial charge in [-0.15, -0.1) is 0 Å². The number of hydrogen-bond donors (Lipinski definition) is 1. The lowest BCUT2D eigenvalue weighted by Gasteiger charge is -2.50. The molecule has 2 rings (SSSR count). The summed E-state index contributed by atoms with van der Waals surface area (Å²) in [5.74, 6) is -0.705. The number of nitrogens with zero attached hydrogens (tertiary/aromatic N) is 2. The number of carbonyl (C=O) groups is 1. The Hall–Kier alpha value is -0.610. The molecule has 1 heterocycles. The Morgan fingerprint density at radius 1 is 1.05 bits per heavy atom. The van der Waals surface area contributed by atoms with Crippen LogP contribution in [0.2, 0.25) is 0 Å². The highest BCUT2D eigenvalue weighted by atomic mass is 16.4. The van der Waals surface area contributed by atoms with Crippen molar-refractivity contribution in [3.63, 3.8) is 0 Å². The Balaban J connectivity index is 1.94. The summed E-state index contributed by atoms with van der Waals surface area (Å²) < 4.78 is 0. The minimum atomic E-state index is -0.705. The first-order valence-electron chi connectivity index (χ1n) is 8.31. The molecule has 122 valence electrons. The molecule has 1 saturated heterocycles. The second-order valence-corrected chi connectivity index (χ2v) is 8.65. The number of rotatable bonds is 3. The third-order valence-electron chi connectivity index (χ3n) is 5.30. The van der Waals surface area contributed by atoms with Crippen LogP contribution in [-0.2, 0) is 4.79 Å². The van der Waals surface area contributed by atoms with Gasteiger partial charge in [-0.05, 0) is 37.0 Å². The third-order valence-corrected chi connectivity index (χ3v) is 5.30. The van der Waals surface area contributed by atoms with E-state index in [0.29, 0.717) is 16.9 Å². The Labute approximate surface area is 129 Å². The normalized spacial score (nSPS) is 29.2. The molecule has 1 saturated carbocycles. The molecule has 0 aromatic heterocycles. The number of hydrogen-bond acceptors (Lipinski definition) is 3. The fraction of sp³-hybridized carbons (Fsp3) is 0.941. The first-order valence-corrected chi connectivity index (χ1v) is 8.31. The highest BCUT2D eigenvalue weighted by Crippen LogP contribution is 2.47. The van der Waals surface area contributed by atoms with E-state index in [9.17, 15) is 4.79 Å². The molecular weight excluding hydrogens is 264 g/mol. The number of carboxylic acids is 1. The lowest BCUT2D eigenvalue weighted by molar-refractivity contribution is -0.143. The predicted molar refractivity (Wildman–Crippen MR) is 85.4 cm³/mol. The van der Waals surface area contributed by atoms with Crippen molar-refractivity contribution in [2.45, 2.75) is 66.0 Å². The second kappa shape index (κ2) is 5.88. The summed E-state index contributed by atoms with van der Waals surface area (Å²) in [6.07, 6.45) is 3.84. The molecule has 4 nitrogen and oxygen atoms in total. The van der Waals surface area contributed by atoms with Gasteiger partial charge in [0.05, 0.1) is 0 Å². The van der Waals surface area contributed by atoms with E-state index in [2.05, 4.69) is 37.5 Å². The summed E-state index contributed by atoms with van der Waals surface area (Å²) in [5, 5.41) is 9.13. The molecule has 0 radical (unpaired) electrons. The molecule has 1 aliphatic heterocycles. The monoisotopic (exact) mass is 296 g/mol. The fourth-order valence-electron chi connectivity index (χ4n) is 4.69. The van der Waals surface area contributed by atoms with Crippen LogP contribution in [0.5, 0.6) is 0 Å². The van der Waals surface area contributed by atoms with Crippen LogP contribution in [0.4, 0.5) is 0 Å². The highest BCUT2D eigenvalue weighted by molar-refractivity contribution is 5.72. The Kier molecular flexibility index (Phi) is 4.69. The van der Waals surface area contributed by atoms with Crippen LogP contribution in [0.3, 0.4) is 0 Å². The molecule has 2 aliphatic rings. The first-order chi connectivity index (χ1) is 9.60. The van der Waals surface area contributed by atoms with Crippen LogP contribution in [0.15, 0.2) is 0 Å². The minimum Gasteiger partial charge on any atom is -0.480 e. The summed E-state index contributed by atoms with van der Waals surface area (Å²) in [6, 6.07) is 0.303. The van der Waals surface area contributed by atoms with Gasteiger partial charge in [-0.2, -0.15) is 0 Å². The van der Waals surface area contributed by atoms with E-state index in [0.717, 1.165) is 26.2 Å². The van der Waals surface area contributed by atoms with Crippen molar-refractivity contribution in [3.05, 3.63) is 0 Å². The molecule has 1 N–H and O–H groups in total. The molecule has 1 atom stereocenters. The maximum Gasteiger partial charge on any atom is 0.320 e. The van der Waals surface area contributed by atoms with E-state index in [1.54, 1.807) is 6.92 Å². The van der Waals surface area contributed by atoms with Crippen molar-refractivity contribution in [3.8, 4) is 0 Å². The first kappa shape index (κ1) is 16.8. The molecule has 1 aliphatic carbocycles. The average Bonchev–Trinajstić information content (AvgIpc) is 2.34. The average molecular weight is 296 g/mol. The van der Waals surface area contributed by atoms with Gasteiger partial charge in [0.15, 0.2) is 0 Å². The SMILES string of the molecule is CC(C(=O)O)N1CCN(C2CC(C)(C)CC(C)(C)C2)CC1. The van der Waals surface area contributed by atoms with Crippen LogP contribution in [0, 0.1) is 10.8 Å². The molecule has 0 aromatic rings. The molecular formula is C17H32N2O2. The maximum absolute atomic E-state index is 11.1. The van der Waals surface area contributed by atoms with Gasteiger partial charge in [0, 0.05) is 32.2 Å². The lowest BCUT2D eigenvalue weighted by Crippen LogP contribution is -2.56. The Morgan fingerprint density at radius 2 is 1.52 bits per heavy atom. The van der Waals surface area contributed by atoms with Crippen LogP contribution >= 0.6 is 0 Å². The standard InChI is InChI=1S/C17H32N2O2/c1-13(15(20)21)18-6-8-19(9-7-18)14-10-16(2,3)12-17(4,5)11-14/h13-14H,6-12H2,1-5H3,(H,20,21). The van der Waals surface area contributed by atoms with E-state index in [1.165, 1.54) is 19.3 Å². The van der Waals surface area contributed by atoms with E-state index in [-0.39, 0.29) is 6.04 Å². The van der Waals surface area contributed by atoms with Gasteiger partial charge in [0.1, 0.15) is 6.04 Å². The zero-order valence-electron chi connectivity index (χ0n) is 14.4. The zero-order chi connectivity index (χ0) is 15.8. The van der Waals surface area contributed by atoms with Crippen molar-refractivity contribution in [1.29, 1.82) is 0 Å². The van der Waals surface area contributed by atoms with Crippen LogP contribution in [0.1, 0.15) is 53.9 Å². The van der Waals surface area contributed by atoms with Crippen LogP contribution in [0.25, 0.3) is 0 Å². The number of aliphatic carboxylic acids is 1. The maximum atomic E-state index is 11.1. The van der Waals surface area contributed by atoms with E-state index < -0.39 is 5.97 Å². The smallest absolute Gasteiger partial charge is 0.320 e. The van der Waals surface area contributed by atoms with Gasteiger partial charge in [-0.1, -0.05) is 27.7 Å². The van der Waals surface area contributed by atoms with Gasteiger partial charge in [0.2, 0.25) is 0 Å². The van der Waals surface area contributed by atoms with Crippen LogP contribution < -0.4 is 0 Å². The largest absolute Gasteiger partial charge is 0.480 e. The zero-order valence-corrected chi connectivity index (χ0v) is 14.4. The predicted octanol–water partition coefficient (Wildman–Crippen LogP) is 2.68. The minimum absolute atomic E-state index is 0.355. The van der Waals surface area contributed by atoms with Gasteiger partial charge in [-0.3, -0.25) is 14.6 Å². The van der Waals surface area contributed by atoms with Gasteiger partial charge < -0.3 is 5.11 Å². The summed E-state index contributed by atoms with van der Waals surface area (Å²) >= 11 is 0. The molecule has 0 aromatic carbocycles. The quantitative estimate of drug-likeness (QED) is 0.869.